The number of aliphatic hydroxyl groups excluding tert-OH is 1. The summed E-state index contributed by atoms with van der Waals surface area (Å²) in [7, 11) is 0. The van der Waals surface area contributed by atoms with Crippen molar-refractivity contribution in [2.24, 2.45) is 5.92 Å². The molecular weight excluding hydrogens is 316 g/mol. The second-order valence-electron chi connectivity index (χ2n) is 6.93. The summed E-state index contributed by atoms with van der Waals surface area (Å²) >= 11 is 0. The van der Waals surface area contributed by atoms with E-state index in [0.29, 0.717) is 19.1 Å². The minimum Gasteiger partial charge on any atom is -0.491 e. The molecule has 1 aromatic carbocycles. The second kappa shape index (κ2) is 8.45. The Hall–Kier alpha value is -1.92. The van der Waals surface area contributed by atoms with Crippen LogP contribution in [0, 0.1) is 19.8 Å². The third-order valence-electron chi connectivity index (χ3n) is 4.65. The van der Waals surface area contributed by atoms with Crippen LogP contribution in [0.25, 0.3) is 0 Å². The lowest BCUT2D eigenvalue weighted by atomic mass is 9.98. The molecule has 0 unspecified atom stereocenters. The van der Waals surface area contributed by atoms with Crippen LogP contribution in [0.3, 0.4) is 0 Å². The number of aryl methyl sites for hydroxylation is 2. The van der Waals surface area contributed by atoms with Gasteiger partial charge in [-0.1, -0.05) is 18.2 Å². The Bertz CT molecular complexity index is 659. The maximum absolute atomic E-state index is 10.3. The average Bonchev–Trinajstić information content (AvgIpc) is 2.91. The number of hydrogen-bond acceptors (Lipinski definition) is 5. The Kier molecular flexibility index (Phi) is 6.04. The van der Waals surface area contributed by atoms with Gasteiger partial charge in [0.2, 0.25) is 0 Å². The zero-order valence-electron chi connectivity index (χ0n) is 15.1. The summed E-state index contributed by atoms with van der Waals surface area (Å²) in [4.78, 5) is 6.72. The van der Waals surface area contributed by atoms with Crippen molar-refractivity contribution in [3.63, 3.8) is 0 Å². The van der Waals surface area contributed by atoms with Gasteiger partial charge in [-0.15, -0.1) is 0 Å². The van der Waals surface area contributed by atoms with Gasteiger partial charge in [-0.25, -0.2) is 9.67 Å². The Morgan fingerprint density at radius 3 is 2.80 bits per heavy atom. The number of aromatic nitrogens is 3. The first-order valence-electron chi connectivity index (χ1n) is 9.06. The summed E-state index contributed by atoms with van der Waals surface area (Å²) in [5.41, 5.74) is 0. The van der Waals surface area contributed by atoms with Gasteiger partial charge in [0.15, 0.2) is 0 Å². The van der Waals surface area contributed by atoms with E-state index in [0.717, 1.165) is 43.5 Å². The van der Waals surface area contributed by atoms with E-state index in [1.807, 2.05) is 48.9 Å². The summed E-state index contributed by atoms with van der Waals surface area (Å²) in [6.07, 6.45) is 1.88. The van der Waals surface area contributed by atoms with Crippen LogP contribution in [-0.4, -0.2) is 57.1 Å². The first-order chi connectivity index (χ1) is 12.1. The Balaban J connectivity index is 1.45. The van der Waals surface area contributed by atoms with Crippen LogP contribution in [0.5, 0.6) is 5.75 Å². The average molecular weight is 344 g/mol. The highest BCUT2D eigenvalue weighted by atomic mass is 16.5. The molecule has 6 nitrogen and oxygen atoms in total. The summed E-state index contributed by atoms with van der Waals surface area (Å²) in [5.74, 6) is 3.16. The van der Waals surface area contributed by atoms with Crippen LogP contribution in [-0.2, 0) is 6.54 Å². The third kappa shape index (κ3) is 5.28. The smallest absolute Gasteiger partial charge is 0.147 e. The lowest BCUT2D eigenvalue weighted by Gasteiger charge is -2.33. The van der Waals surface area contributed by atoms with Crippen LogP contribution in [0.4, 0.5) is 0 Å². The predicted molar refractivity (Wildman–Crippen MR) is 96.6 cm³/mol. The minimum absolute atomic E-state index is 0.326. The molecule has 1 aliphatic heterocycles. The molecule has 1 fully saturated rings. The van der Waals surface area contributed by atoms with Crippen molar-refractivity contribution < 1.29 is 9.84 Å². The zero-order valence-corrected chi connectivity index (χ0v) is 15.1. The van der Waals surface area contributed by atoms with Crippen LogP contribution in [0.15, 0.2) is 30.3 Å². The minimum atomic E-state index is -0.477. The van der Waals surface area contributed by atoms with E-state index in [1.165, 1.54) is 6.42 Å². The molecule has 0 spiro atoms. The molecule has 25 heavy (non-hydrogen) atoms. The number of hydrogen-bond donors (Lipinski definition) is 1. The molecule has 1 saturated heterocycles. The zero-order chi connectivity index (χ0) is 17.6. The molecule has 2 heterocycles. The maximum atomic E-state index is 10.3. The van der Waals surface area contributed by atoms with Crippen LogP contribution < -0.4 is 4.74 Å². The van der Waals surface area contributed by atoms with Crippen LogP contribution >= 0.6 is 0 Å². The molecule has 0 bridgehead atoms. The topological polar surface area (TPSA) is 63.4 Å². The largest absolute Gasteiger partial charge is 0.491 e. The number of piperidine rings is 1. The first-order valence-corrected chi connectivity index (χ1v) is 9.06. The van der Waals surface area contributed by atoms with Gasteiger partial charge < -0.3 is 14.7 Å². The molecule has 136 valence electrons. The van der Waals surface area contributed by atoms with Crippen molar-refractivity contribution in [1.82, 2.24) is 19.7 Å². The predicted octanol–water partition coefficient (Wildman–Crippen LogP) is 2.05. The molecular formula is C19H28N4O2. The van der Waals surface area contributed by atoms with Crippen molar-refractivity contribution >= 4 is 0 Å². The molecule has 0 aliphatic carbocycles. The third-order valence-corrected chi connectivity index (χ3v) is 4.65. The molecule has 0 saturated carbocycles. The van der Waals surface area contributed by atoms with E-state index in [2.05, 4.69) is 15.0 Å². The highest BCUT2D eigenvalue weighted by molar-refractivity contribution is 5.20. The van der Waals surface area contributed by atoms with Gasteiger partial charge in [0.05, 0.1) is 0 Å². The van der Waals surface area contributed by atoms with E-state index < -0.39 is 6.10 Å². The summed E-state index contributed by atoms with van der Waals surface area (Å²) in [5, 5.41) is 14.8. The van der Waals surface area contributed by atoms with Gasteiger partial charge in [-0.2, -0.15) is 5.10 Å². The number of nitrogens with zero attached hydrogens (tertiary/aromatic N) is 4. The standard InChI is InChI=1S/C19H28N4O2/c1-15-20-16(2)23(21-15)12-17-7-6-10-22(11-17)13-18(24)14-25-19-8-4-3-5-9-19/h3-5,8-9,17-18,24H,6-7,10-14H2,1-2H3/t17-,18+/m0/s1. The van der Waals surface area contributed by atoms with Gasteiger partial charge in [-0.3, -0.25) is 0 Å². The quantitative estimate of drug-likeness (QED) is 0.833. The van der Waals surface area contributed by atoms with E-state index >= 15 is 0 Å². The fraction of sp³-hybridized carbons (Fsp3) is 0.579. The van der Waals surface area contributed by atoms with Crippen molar-refractivity contribution in [3.05, 3.63) is 42.0 Å². The van der Waals surface area contributed by atoms with E-state index in [4.69, 9.17) is 4.74 Å². The molecule has 3 rings (SSSR count). The Labute approximate surface area is 149 Å². The van der Waals surface area contributed by atoms with E-state index in [-0.39, 0.29) is 0 Å². The summed E-state index contributed by atoms with van der Waals surface area (Å²) in [6.45, 7) is 7.84. The van der Waals surface area contributed by atoms with Crippen molar-refractivity contribution in [2.75, 3.05) is 26.2 Å². The highest BCUT2D eigenvalue weighted by Gasteiger charge is 2.23. The van der Waals surface area contributed by atoms with Crippen LogP contribution in [0.1, 0.15) is 24.5 Å². The fourth-order valence-corrected chi connectivity index (χ4v) is 3.50. The van der Waals surface area contributed by atoms with Gasteiger partial charge in [0, 0.05) is 19.6 Å². The number of ether oxygens (including phenoxy) is 1. The second-order valence-corrected chi connectivity index (χ2v) is 6.93. The molecule has 1 aliphatic rings. The Morgan fingerprint density at radius 1 is 1.28 bits per heavy atom. The fourth-order valence-electron chi connectivity index (χ4n) is 3.50. The van der Waals surface area contributed by atoms with Gasteiger partial charge in [0.1, 0.15) is 30.1 Å². The SMILES string of the molecule is Cc1nc(C)n(C[C@H]2CCCN(C[C@@H](O)COc3ccccc3)C2)n1. The molecule has 1 aromatic heterocycles. The number of rotatable bonds is 7. The molecule has 2 atom stereocenters. The molecule has 0 radical (unpaired) electrons. The number of benzene rings is 1. The number of para-hydroxylation sites is 1. The van der Waals surface area contributed by atoms with Gasteiger partial charge in [-0.05, 0) is 51.3 Å². The summed E-state index contributed by atoms with van der Waals surface area (Å²) in [6, 6.07) is 9.64. The molecule has 2 aromatic rings. The molecule has 0 amide bonds. The molecule has 1 N–H and O–H groups in total. The van der Waals surface area contributed by atoms with E-state index in [9.17, 15) is 5.11 Å². The number of likely N-dealkylation sites (tertiary alicyclic amines) is 1. The first kappa shape index (κ1) is 17.9. The van der Waals surface area contributed by atoms with Crippen molar-refractivity contribution in [1.29, 1.82) is 0 Å². The van der Waals surface area contributed by atoms with E-state index in [1.54, 1.807) is 0 Å². The van der Waals surface area contributed by atoms with Gasteiger partial charge in [0.25, 0.3) is 0 Å². The lowest BCUT2D eigenvalue weighted by molar-refractivity contribution is 0.0494. The monoisotopic (exact) mass is 344 g/mol. The van der Waals surface area contributed by atoms with Crippen molar-refractivity contribution in [2.45, 2.75) is 39.3 Å². The normalized spacial score (nSPS) is 19.7. The highest BCUT2D eigenvalue weighted by Crippen LogP contribution is 2.19. The summed E-state index contributed by atoms with van der Waals surface area (Å²) < 4.78 is 7.66. The number of β-amino-alcohol motifs (C(OH)–C–C–N with tert-alkyl or cyclic N) is 1. The van der Waals surface area contributed by atoms with Gasteiger partial charge >= 0.3 is 0 Å². The molecule has 6 heteroatoms. The lowest BCUT2D eigenvalue weighted by Crippen LogP contribution is -2.42. The maximum Gasteiger partial charge on any atom is 0.147 e. The van der Waals surface area contributed by atoms with Crippen molar-refractivity contribution in [3.8, 4) is 5.75 Å². The Morgan fingerprint density at radius 2 is 2.08 bits per heavy atom. The van der Waals surface area contributed by atoms with Crippen LogP contribution in [0.2, 0.25) is 0 Å². The number of aliphatic hydroxyl groups is 1.